The van der Waals surface area contributed by atoms with Crippen LogP contribution in [0.25, 0.3) is 0 Å². The summed E-state index contributed by atoms with van der Waals surface area (Å²) in [4.78, 5) is 45.1. The van der Waals surface area contributed by atoms with E-state index >= 15 is 0 Å². The molecule has 0 atom stereocenters. The van der Waals surface area contributed by atoms with Crippen molar-refractivity contribution in [1.29, 1.82) is 0 Å². The summed E-state index contributed by atoms with van der Waals surface area (Å²) < 4.78 is 19.4. The largest absolute Gasteiger partial charge is 0.462 e. The van der Waals surface area contributed by atoms with Crippen LogP contribution in [0.4, 0.5) is 0 Å². The molecule has 0 fully saturated rings. The maximum absolute atomic E-state index is 11.5. The van der Waals surface area contributed by atoms with Crippen LogP contribution in [0.15, 0.2) is 24.3 Å². The Bertz CT molecular complexity index is 508. The van der Waals surface area contributed by atoms with Gasteiger partial charge in [0, 0.05) is 22.7 Å². The lowest BCUT2D eigenvalue weighted by atomic mass is 10.4. The molecule has 0 aliphatic carbocycles. The van der Waals surface area contributed by atoms with Gasteiger partial charge in [-0.1, -0.05) is 13.2 Å². The molecule has 0 aliphatic rings. The molecule has 8 nitrogen and oxygen atoms in total. The van der Waals surface area contributed by atoms with Gasteiger partial charge in [0.25, 0.3) is 0 Å². The van der Waals surface area contributed by atoms with E-state index in [-0.39, 0.29) is 50.4 Å². The number of hydrogen-bond donors (Lipinski definition) is 0. The second kappa shape index (κ2) is 14.8. The molecule has 9 heteroatoms. The van der Waals surface area contributed by atoms with Crippen molar-refractivity contribution in [2.75, 3.05) is 37.9 Å². The molecule has 0 saturated heterocycles. The van der Waals surface area contributed by atoms with Crippen LogP contribution in [-0.4, -0.2) is 61.8 Å². The normalized spacial score (nSPS) is 9.85. The van der Waals surface area contributed by atoms with Gasteiger partial charge in [0.1, 0.15) is 26.4 Å². The van der Waals surface area contributed by atoms with Crippen molar-refractivity contribution in [3.05, 3.63) is 24.3 Å². The first kappa shape index (κ1) is 24.7. The van der Waals surface area contributed by atoms with E-state index in [4.69, 9.17) is 18.9 Å². The van der Waals surface area contributed by atoms with Crippen LogP contribution < -0.4 is 0 Å². The van der Waals surface area contributed by atoms with E-state index in [1.807, 2.05) is 0 Å². The lowest BCUT2D eigenvalue weighted by Crippen LogP contribution is -2.15. The van der Waals surface area contributed by atoms with Gasteiger partial charge >= 0.3 is 23.9 Å². The molecule has 0 bridgehead atoms. The number of hydrogen-bond acceptors (Lipinski definition) is 9. The van der Waals surface area contributed by atoms with Gasteiger partial charge in [-0.15, -0.1) is 0 Å². The van der Waals surface area contributed by atoms with E-state index in [1.54, 1.807) is 0 Å². The second-order valence-electron chi connectivity index (χ2n) is 5.39. The first-order valence-electron chi connectivity index (χ1n) is 8.28. The van der Waals surface area contributed by atoms with Gasteiger partial charge in [0.05, 0.1) is 12.8 Å². The summed E-state index contributed by atoms with van der Waals surface area (Å²) in [6, 6.07) is 0. The van der Waals surface area contributed by atoms with Gasteiger partial charge in [-0.25, -0.2) is 9.59 Å². The van der Waals surface area contributed by atoms with Crippen molar-refractivity contribution in [2.24, 2.45) is 0 Å². The molecule has 27 heavy (non-hydrogen) atoms. The van der Waals surface area contributed by atoms with Crippen LogP contribution in [0.3, 0.4) is 0 Å². The topological polar surface area (TPSA) is 105 Å². The van der Waals surface area contributed by atoms with Crippen LogP contribution in [0, 0.1) is 0 Å². The predicted molar refractivity (Wildman–Crippen MR) is 100 cm³/mol. The number of carbonyl (C=O) groups is 4. The Morgan fingerprint density at radius 2 is 1.00 bits per heavy atom. The highest BCUT2D eigenvalue weighted by atomic mass is 32.2. The number of esters is 4. The van der Waals surface area contributed by atoms with E-state index in [2.05, 4.69) is 13.2 Å². The molecule has 0 aliphatic heterocycles. The summed E-state index contributed by atoms with van der Waals surface area (Å²) in [6.45, 7) is 9.87. The summed E-state index contributed by atoms with van der Waals surface area (Å²) in [5.74, 6) is -0.876. The minimum atomic E-state index is -0.525. The summed E-state index contributed by atoms with van der Waals surface area (Å²) in [7, 11) is 0. The minimum absolute atomic E-state index is 0.00913. The van der Waals surface area contributed by atoms with Gasteiger partial charge in [-0.2, -0.15) is 11.8 Å². The van der Waals surface area contributed by atoms with E-state index in [0.717, 1.165) is 0 Å². The fourth-order valence-electron chi connectivity index (χ4n) is 1.38. The third-order valence-electron chi connectivity index (χ3n) is 2.76. The number of carbonyl (C=O) groups excluding carboxylic acids is 4. The summed E-state index contributed by atoms with van der Waals surface area (Å²) in [5.41, 5.74) is 0.563. The Labute approximate surface area is 163 Å². The van der Waals surface area contributed by atoms with Crippen LogP contribution in [0.2, 0.25) is 0 Å². The molecule has 0 spiro atoms. The number of ether oxygens (including phenoxy) is 4. The van der Waals surface area contributed by atoms with E-state index < -0.39 is 23.9 Å². The maximum Gasteiger partial charge on any atom is 0.333 e. The van der Waals surface area contributed by atoms with E-state index in [1.165, 1.54) is 25.6 Å². The average Bonchev–Trinajstić information content (AvgIpc) is 2.61. The molecule has 0 N–H and O–H groups in total. The summed E-state index contributed by atoms with van der Waals surface area (Å²) >= 11 is 1.41. The average molecular weight is 402 g/mol. The van der Waals surface area contributed by atoms with Gasteiger partial charge in [-0.3, -0.25) is 9.59 Å². The fourth-order valence-corrected chi connectivity index (χ4v) is 2.21. The van der Waals surface area contributed by atoms with Crippen molar-refractivity contribution in [2.45, 2.75) is 26.7 Å². The predicted octanol–water partition coefficient (Wildman–Crippen LogP) is 1.82. The smallest absolute Gasteiger partial charge is 0.333 e. The van der Waals surface area contributed by atoms with E-state index in [9.17, 15) is 19.2 Å². The maximum atomic E-state index is 11.5. The number of rotatable bonds is 14. The molecule has 0 rings (SSSR count). The Morgan fingerprint density at radius 1 is 0.667 bits per heavy atom. The molecule has 0 amide bonds. The standard InChI is InChI=1S/C18H26O8S/c1-13(2)17(21)25-9-7-23-15(19)5-11-27-12-6-16(20)24-8-10-26-18(22)14(3)4/h1,3,5-12H2,2,4H3. The Balaban J connectivity index is 3.53. The highest BCUT2D eigenvalue weighted by Gasteiger charge is 2.08. The van der Waals surface area contributed by atoms with Crippen molar-refractivity contribution in [3.8, 4) is 0 Å². The van der Waals surface area contributed by atoms with Crippen molar-refractivity contribution >= 4 is 35.6 Å². The molecular weight excluding hydrogens is 376 g/mol. The summed E-state index contributed by atoms with van der Waals surface area (Å²) in [6.07, 6.45) is 0.371. The Morgan fingerprint density at radius 3 is 1.33 bits per heavy atom. The van der Waals surface area contributed by atoms with Crippen LogP contribution in [-0.2, 0) is 38.1 Å². The molecule has 0 radical (unpaired) electrons. The van der Waals surface area contributed by atoms with E-state index in [0.29, 0.717) is 11.5 Å². The van der Waals surface area contributed by atoms with Gasteiger partial charge in [-0.05, 0) is 13.8 Å². The SMILES string of the molecule is C=C(C)C(=O)OCCOC(=O)CCSCCC(=O)OCCOC(=O)C(=C)C. The second-order valence-corrected chi connectivity index (χ2v) is 6.61. The molecular formula is C18H26O8S. The van der Waals surface area contributed by atoms with Gasteiger partial charge < -0.3 is 18.9 Å². The zero-order chi connectivity index (χ0) is 20.7. The highest BCUT2D eigenvalue weighted by Crippen LogP contribution is 2.06. The molecule has 0 aromatic carbocycles. The number of thioether (sulfide) groups is 1. The fraction of sp³-hybridized carbons (Fsp3) is 0.556. The quantitative estimate of drug-likeness (QED) is 0.186. The zero-order valence-corrected chi connectivity index (χ0v) is 16.6. The molecule has 152 valence electrons. The Hall–Kier alpha value is -2.29. The lowest BCUT2D eigenvalue weighted by molar-refractivity contribution is -0.149. The highest BCUT2D eigenvalue weighted by molar-refractivity contribution is 7.99. The zero-order valence-electron chi connectivity index (χ0n) is 15.7. The van der Waals surface area contributed by atoms with Gasteiger partial charge in [0.2, 0.25) is 0 Å². The third kappa shape index (κ3) is 14.6. The molecule has 0 saturated carbocycles. The van der Waals surface area contributed by atoms with Crippen LogP contribution in [0.5, 0.6) is 0 Å². The molecule has 0 heterocycles. The van der Waals surface area contributed by atoms with Crippen molar-refractivity contribution < 1.29 is 38.1 Å². The molecule has 0 unspecified atom stereocenters. The molecule has 0 aromatic rings. The summed E-state index contributed by atoms with van der Waals surface area (Å²) in [5, 5.41) is 0. The first-order valence-corrected chi connectivity index (χ1v) is 9.43. The molecule has 0 aromatic heterocycles. The first-order chi connectivity index (χ1) is 12.7. The third-order valence-corrected chi connectivity index (χ3v) is 3.74. The Kier molecular flexibility index (Phi) is 13.6. The lowest BCUT2D eigenvalue weighted by Gasteiger charge is -2.07. The van der Waals surface area contributed by atoms with Crippen LogP contribution in [0.1, 0.15) is 26.7 Å². The van der Waals surface area contributed by atoms with Crippen molar-refractivity contribution in [3.63, 3.8) is 0 Å². The minimum Gasteiger partial charge on any atom is -0.462 e. The van der Waals surface area contributed by atoms with Gasteiger partial charge in [0.15, 0.2) is 0 Å². The van der Waals surface area contributed by atoms with Crippen molar-refractivity contribution in [1.82, 2.24) is 0 Å². The monoisotopic (exact) mass is 402 g/mol. The van der Waals surface area contributed by atoms with Crippen LogP contribution >= 0.6 is 11.8 Å².